The van der Waals surface area contributed by atoms with Crippen LogP contribution < -0.4 is 5.32 Å². The van der Waals surface area contributed by atoms with Gasteiger partial charge in [-0.2, -0.15) is 10.9 Å². The van der Waals surface area contributed by atoms with E-state index in [2.05, 4.69) is 21.1 Å². The molecule has 1 amide bonds. The second-order valence-electron chi connectivity index (χ2n) is 4.49. The van der Waals surface area contributed by atoms with Crippen LogP contribution in [0.5, 0.6) is 0 Å². The maximum absolute atomic E-state index is 12.3. The van der Waals surface area contributed by atoms with Gasteiger partial charge in [0.15, 0.2) is 0 Å². The topological polar surface area (TPSA) is 44.9 Å². The van der Waals surface area contributed by atoms with Gasteiger partial charge >= 0.3 is 0 Å². The van der Waals surface area contributed by atoms with Crippen LogP contribution in [0.4, 0.5) is 0 Å². The quantitative estimate of drug-likeness (QED) is 0.738. The predicted molar refractivity (Wildman–Crippen MR) is 86.8 cm³/mol. The number of aromatic amines is 1. The Bertz CT molecular complexity index is 721. The number of amides is 1. The molecule has 0 saturated carbocycles. The van der Waals surface area contributed by atoms with Gasteiger partial charge in [-0.1, -0.05) is 23.8 Å². The highest BCUT2D eigenvalue weighted by molar-refractivity contribution is 8.22. The maximum Gasteiger partial charge on any atom is 0.268 e. The number of carbonyl (C=O) groups excluding carboxylic acids is 1. The van der Waals surface area contributed by atoms with Crippen LogP contribution in [0.2, 0.25) is 5.02 Å². The highest BCUT2D eigenvalue weighted by Gasteiger charge is 2.21. The van der Waals surface area contributed by atoms with Crippen molar-refractivity contribution < 1.29 is 4.79 Å². The molecule has 104 valence electrons. The Hall–Kier alpha value is -1.65. The summed E-state index contributed by atoms with van der Waals surface area (Å²) < 4.78 is 0. The highest BCUT2D eigenvalue weighted by atomic mass is 35.5. The molecule has 1 aliphatic heterocycles. The molecule has 0 fully saturated rings. The lowest BCUT2D eigenvalue weighted by Crippen LogP contribution is -2.23. The van der Waals surface area contributed by atoms with Crippen LogP contribution in [0.15, 0.2) is 46.1 Å². The van der Waals surface area contributed by atoms with Crippen molar-refractivity contribution >= 4 is 39.3 Å². The molecule has 3 nitrogen and oxygen atoms in total. The second-order valence-corrected chi connectivity index (χ2v) is 6.78. The van der Waals surface area contributed by atoms with Crippen LogP contribution in [-0.4, -0.2) is 17.4 Å². The molecule has 5 heteroatoms. The summed E-state index contributed by atoms with van der Waals surface area (Å²) in [6, 6.07) is 5.68. The molecule has 20 heavy (non-hydrogen) atoms. The zero-order chi connectivity index (χ0) is 14.1. The van der Waals surface area contributed by atoms with Gasteiger partial charge in [0.05, 0.1) is 0 Å². The van der Waals surface area contributed by atoms with Gasteiger partial charge in [-0.3, -0.25) is 4.79 Å². The summed E-state index contributed by atoms with van der Waals surface area (Å²) in [6.07, 6.45) is 4.05. The largest absolute Gasteiger partial charge is 0.351 e. The summed E-state index contributed by atoms with van der Waals surface area (Å²) >= 11 is 6.10. The molecule has 2 aromatic rings. The standard InChI is InChI=1S/C15H15ClN2OS/c1-2-17-15(19)13-14(20-7-3-4-8-20)11-9-10(16)5-6-12(11)18-13/h3-9,18,20H,2H2,1H3,(H,17,19). The monoisotopic (exact) mass is 306 g/mol. The Labute approximate surface area is 125 Å². The number of benzene rings is 1. The van der Waals surface area contributed by atoms with E-state index in [1.807, 2.05) is 37.3 Å². The van der Waals surface area contributed by atoms with E-state index in [0.717, 1.165) is 15.8 Å². The van der Waals surface area contributed by atoms with E-state index in [0.29, 0.717) is 17.3 Å². The Morgan fingerprint density at radius 2 is 2.10 bits per heavy atom. The summed E-state index contributed by atoms with van der Waals surface area (Å²) in [5, 5.41) is 8.85. The fraction of sp³-hybridized carbons (Fsp3) is 0.133. The number of hydrogen-bond acceptors (Lipinski definition) is 1. The van der Waals surface area contributed by atoms with Gasteiger partial charge in [0.25, 0.3) is 5.91 Å². The summed E-state index contributed by atoms with van der Waals surface area (Å²) in [5.74, 6) is -0.0639. The lowest BCUT2D eigenvalue weighted by molar-refractivity contribution is 0.0949. The summed E-state index contributed by atoms with van der Waals surface area (Å²) in [7, 11) is -0.591. The third-order valence-electron chi connectivity index (χ3n) is 3.16. The van der Waals surface area contributed by atoms with E-state index in [1.165, 1.54) is 0 Å². The summed E-state index contributed by atoms with van der Waals surface area (Å²) in [6.45, 7) is 2.52. The van der Waals surface area contributed by atoms with Gasteiger partial charge in [0.1, 0.15) is 5.69 Å². The number of halogens is 1. The predicted octanol–water partition coefficient (Wildman–Crippen LogP) is 3.97. The third-order valence-corrected chi connectivity index (χ3v) is 5.36. The fourth-order valence-corrected chi connectivity index (χ4v) is 4.33. The van der Waals surface area contributed by atoms with E-state index in [9.17, 15) is 4.79 Å². The number of carbonyl (C=O) groups is 1. The zero-order valence-electron chi connectivity index (χ0n) is 11.0. The Kier molecular flexibility index (Phi) is 3.59. The van der Waals surface area contributed by atoms with Crippen molar-refractivity contribution in [1.82, 2.24) is 10.3 Å². The normalized spacial score (nSPS) is 15.2. The average molecular weight is 307 g/mol. The van der Waals surface area contributed by atoms with Crippen molar-refractivity contribution in [3.8, 4) is 0 Å². The van der Waals surface area contributed by atoms with Crippen LogP contribution in [0.25, 0.3) is 10.9 Å². The number of aromatic nitrogens is 1. The smallest absolute Gasteiger partial charge is 0.268 e. The van der Waals surface area contributed by atoms with Crippen molar-refractivity contribution in [1.29, 1.82) is 0 Å². The summed E-state index contributed by atoms with van der Waals surface area (Å²) in [5.41, 5.74) is 1.59. The van der Waals surface area contributed by atoms with Crippen LogP contribution >= 0.6 is 22.5 Å². The van der Waals surface area contributed by atoms with Crippen LogP contribution in [0.1, 0.15) is 17.4 Å². The Morgan fingerprint density at radius 3 is 2.80 bits per heavy atom. The van der Waals surface area contributed by atoms with Gasteiger partial charge < -0.3 is 10.3 Å². The molecular weight excluding hydrogens is 292 g/mol. The van der Waals surface area contributed by atoms with E-state index in [1.54, 1.807) is 0 Å². The molecule has 0 aliphatic carbocycles. The molecule has 0 unspecified atom stereocenters. The van der Waals surface area contributed by atoms with E-state index >= 15 is 0 Å². The van der Waals surface area contributed by atoms with Gasteiger partial charge in [0.2, 0.25) is 0 Å². The first kappa shape index (κ1) is 13.3. The van der Waals surface area contributed by atoms with Crippen molar-refractivity contribution in [2.24, 2.45) is 0 Å². The van der Waals surface area contributed by atoms with Gasteiger partial charge in [-0.05, 0) is 35.9 Å². The zero-order valence-corrected chi connectivity index (χ0v) is 12.6. The van der Waals surface area contributed by atoms with E-state index < -0.39 is 10.9 Å². The highest BCUT2D eigenvalue weighted by Crippen LogP contribution is 2.48. The van der Waals surface area contributed by atoms with Gasteiger partial charge in [0, 0.05) is 27.4 Å². The number of H-pyrrole nitrogens is 1. The first-order valence-electron chi connectivity index (χ1n) is 6.43. The average Bonchev–Trinajstić information content (AvgIpc) is 3.04. The lowest BCUT2D eigenvalue weighted by atomic mass is 10.2. The van der Waals surface area contributed by atoms with Crippen molar-refractivity contribution in [3.05, 3.63) is 51.9 Å². The lowest BCUT2D eigenvalue weighted by Gasteiger charge is -2.12. The molecule has 0 atom stereocenters. The minimum Gasteiger partial charge on any atom is -0.351 e. The number of thiol groups is 1. The summed E-state index contributed by atoms with van der Waals surface area (Å²) in [4.78, 5) is 16.5. The molecule has 3 rings (SSSR count). The van der Waals surface area contributed by atoms with Crippen molar-refractivity contribution in [2.75, 3.05) is 6.54 Å². The molecular formula is C15H15ClN2OS. The molecule has 2 N–H and O–H groups in total. The molecule has 1 aliphatic rings. The maximum atomic E-state index is 12.3. The van der Waals surface area contributed by atoms with Gasteiger partial charge in [-0.15, -0.1) is 0 Å². The number of hydrogen-bond donors (Lipinski definition) is 3. The molecule has 1 aromatic heterocycles. The molecule has 0 saturated heterocycles. The molecule has 0 spiro atoms. The van der Waals surface area contributed by atoms with Gasteiger partial charge in [-0.25, -0.2) is 0 Å². The third kappa shape index (κ3) is 2.25. The number of fused-ring (bicyclic) bond motifs is 1. The first-order chi connectivity index (χ1) is 9.70. The minimum atomic E-state index is -0.591. The van der Waals surface area contributed by atoms with Crippen LogP contribution in [0.3, 0.4) is 0 Å². The molecule has 0 radical (unpaired) electrons. The number of rotatable bonds is 3. The number of allylic oxidation sites excluding steroid dienone is 2. The second kappa shape index (κ2) is 5.38. The van der Waals surface area contributed by atoms with Crippen molar-refractivity contribution in [3.63, 3.8) is 0 Å². The number of nitrogens with one attached hydrogen (secondary N) is 2. The fourth-order valence-electron chi connectivity index (χ4n) is 2.31. The molecule has 1 aromatic carbocycles. The van der Waals surface area contributed by atoms with Crippen LogP contribution in [-0.2, 0) is 0 Å². The molecule has 2 heterocycles. The van der Waals surface area contributed by atoms with E-state index in [4.69, 9.17) is 11.6 Å². The van der Waals surface area contributed by atoms with Crippen LogP contribution in [0, 0.1) is 0 Å². The SMILES string of the molecule is CCNC(=O)c1[nH]c2ccc(Cl)cc2c1[SH]1C=CC=C1. The van der Waals surface area contributed by atoms with E-state index in [-0.39, 0.29) is 5.91 Å². The Balaban J connectivity index is 2.22. The minimum absolute atomic E-state index is 0.0639. The first-order valence-corrected chi connectivity index (χ1v) is 8.29. The molecule has 0 bridgehead atoms. The van der Waals surface area contributed by atoms with Crippen molar-refractivity contribution in [2.45, 2.75) is 11.8 Å². The Morgan fingerprint density at radius 1 is 1.35 bits per heavy atom.